The predicted octanol–water partition coefficient (Wildman–Crippen LogP) is 2.18. The fourth-order valence-corrected chi connectivity index (χ4v) is 5.42. The number of carbonyl (C=O) groups excluding carboxylic acids is 2. The van der Waals surface area contributed by atoms with Crippen LogP contribution in [0.25, 0.3) is 0 Å². The van der Waals surface area contributed by atoms with E-state index in [9.17, 15) is 9.59 Å². The van der Waals surface area contributed by atoms with E-state index in [0.717, 1.165) is 31.5 Å². The van der Waals surface area contributed by atoms with Gasteiger partial charge in [-0.05, 0) is 55.6 Å². The van der Waals surface area contributed by atoms with E-state index in [2.05, 4.69) is 15.2 Å². The van der Waals surface area contributed by atoms with Crippen molar-refractivity contribution in [2.45, 2.75) is 57.1 Å². The molecule has 0 spiro atoms. The van der Waals surface area contributed by atoms with E-state index in [0.29, 0.717) is 24.7 Å². The maximum atomic E-state index is 13.1. The highest BCUT2D eigenvalue weighted by Gasteiger charge is 2.42. The lowest BCUT2D eigenvalue weighted by atomic mass is 9.82. The normalized spacial score (nSPS) is 32.2. The number of hydrogen-bond donors (Lipinski definition) is 1. The molecule has 0 unspecified atom stereocenters. The molecule has 2 heterocycles. The molecule has 5 atom stereocenters. The average Bonchev–Trinajstić information content (AvgIpc) is 3.30. The Morgan fingerprint density at radius 1 is 1.21 bits per heavy atom. The number of ether oxygens (including phenoxy) is 1. The zero-order chi connectivity index (χ0) is 19.5. The molecule has 3 aliphatic rings. The molecule has 0 radical (unpaired) electrons. The van der Waals surface area contributed by atoms with Crippen LogP contribution in [0.5, 0.6) is 0 Å². The van der Waals surface area contributed by atoms with Gasteiger partial charge in [0.2, 0.25) is 11.8 Å². The second-order valence-electron chi connectivity index (χ2n) is 8.69. The molecular formula is C22H31N3O3. The van der Waals surface area contributed by atoms with E-state index in [-0.39, 0.29) is 29.9 Å². The Balaban J connectivity index is 1.35. The fraction of sp³-hybridized carbons (Fsp3) is 0.682. The lowest BCUT2D eigenvalue weighted by Crippen LogP contribution is -2.51. The number of amides is 2. The first kappa shape index (κ1) is 19.4. The van der Waals surface area contributed by atoms with Gasteiger partial charge in [-0.2, -0.15) is 0 Å². The van der Waals surface area contributed by atoms with Crippen LogP contribution >= 0.6 is 0 Å². The summed E-state index contributed by atoms with van der Waals surface area (Å²) in [4.78, 5) is 31.8. The molecule has 1 aromatic rings. The predicted molar refractivity (Wildman–Crippen MR) is 105 cm³/mol. The fourth-order valence-electron chi connectivity index (χ4n) is 5.42. The van der Waals surface area contributed by atoms with Gasteiger partial charge in [0, 0.05) is 38.5 Å². The van der Waals surface area contributed by atoms with Crippen molar-refractivity contribution in [1.29, 1.82) is 0 Å². The smallest absolute Gasteiger partial charge is 0.225 e. The van der Waals surface area contributed by atoms with E-state index in [1.807, 2.05) is 12.1 Å². The summed E-state index contributed by atoms with van der Waals surface area (Å²) in [7, 11) is 1.69. The molecule has 1 aliphatic heterocycles. The molecular weight excluding hydrogens is 354 g/mol. The second-order valence-corrected chi connectivity index (χ2v) is 8.69. The van der Waals surface area contributed by atoms with E-state index in [1.165, 1.54) is 19.3 Å². The standard InChI is InChI=1S/C22H31N3O3/c1-28-20-8-7-16(22(27)25-13-17-5-2-6-18(17)14-25)11-19(20)24-21(26)10-15-4-3-9-23-12-15/h3-4,9,12,16-20H,2,5-8,10-11,13-14H2,1H3,(H,24,26)/t16-,17-,18+,19+,20+/m0/s1. The van der Waals surface area contributed by atoms with Crippen molar-refractivity contribution in [1.82, 2.24) is 15.2 Å². The molecule has 3 fully saturated rings. The number of fused-ring (bicyclic) bond motifs is 1. The summed E-state index contributed by atoms with van der Waals surface area (Å²) >= 11 is 0. The molecule has 1 saturated heterocycles. The molecule has 2 saturated carbocycles. The van der Waals surface area contributed by atoms with Crippen molar-refractivity contribution in [3.63, 3.8) is 0 Å². The zero-order valence-corrected chi connectivity index (χ0v) is 16.7. The number of nitrogens with zero attached hydrogens (tertiary/aromatic N) is 2. The Morgan fingerprint density at radius 3 is 2.68 bits per heavy atom. The van der Waals surface area contributed by atoms with Gasteiger partial charge in [-0.3, -0.25) is 14.6 Å². The van der Waals surface area contributed by atoms with Crippen LogP contribution in [0.1, 0.15) is 44.1 Å². The van der Waals surface area contributed by atoms with Crippen molar-refractivity contribution in [2.24, 2.45) is 17.8 Å². The lowest BCUT2D eigenvalue weighted by Gasteiger charge is -2.36. The molecule has 4 rings (SSSR count). The van der Waals surface area contributed by atoms with Crippen LogP contribution in [-0.2, 0) is 20.7 Å². The summed E-state index contributed by atoms with van der Waals surface area (Å²) in [6.45, 7) is 1.87. The van der Waals surface area contributed by atoms with Crippen molar-refractivity contribution in [2.75, 3.05) is 20.2 Å². The van der Waals surface area contributed by atoms with Crippen LogP contribution in [0.15, 0.2) is 24.5 Å². The van der Waals surface area contributed by atoms with Gasteiger partial charge >= 0.3 is 0 Å². The molecule has 1 aromatic heterocycles. The molecule has 1 N–H and O–H groups in total. The number of aromatic nitrogens is 1. The first-order valence-corrected chi connectivity index (χ1v) is 10.6. The minimum atomic E-state index is -0.112. The topological polar surface area (TPSA) is 71.5 Å². The highest BCUT2D eigenvalue weighted by Crippen LogP contribution is 2.39. The minimum Gasteiger partial charge on any atom is -0.379 e. The summed E-state index contributed by atoms with van der Waals surface area (Å²) in [6.07, 6.45) is 9.88. The average molecular weight is 386 g/mol. The zero-order valence-electron chi connectivity index (χ0n) is 16.7. The van der Waals surface area contributed by atoms with Crippen molar-refractivity contribution < 1.29 is 14.3 Å². The van der Waals surface area contributed by atoms with Crippen LogP contribution in [0, 0.1) is 17.8 Å². The van der Waals surface area contributed by atoms with Gasteiger partial charge in [-0.15, -0.1) is 0 Å². The Labute approximate surface area is 167 Å². The van der Waals surface area contributed by atoms with Crippen LogP contribution < -0.4 is 5.32 Å². The second kappa shape index (κ2) is 8.60. The Bertz CT molecular complexity index is 684. The molecule has 0 bridgehead atoms. The van der Waals surface area contributed by atoms with Gasteiger partial charge in [0.05, 0.1) is 18.6 Å². The van der Waals surface area contributed by atoms with E-state index in [1.54, 1.807) is 19.5 Å². The van der Waals surface area contributed by atoms with Crippen LogP contribution in [0.3, 0.4) is 0 Å². The van der Waals surface area contributed by atoms with E-state index < -0.39 is 0 Å². The van der Waals surface area contributed by atoms with Crippen LogP contribution in [-0.4, -0.2) is 54.0 Å². The van der Waals surface area contributed by atoms with E-state index >= 15 is 0 Å². The van der Waals surface area contributed by atoms with Crippen molar-refractivity contribution >= 4 is 11.8 Å². The van der Waals surface area contributed by atoms with Gasteiger partial charge in [-0.1, -0.05) is 12.5 Å². The quantitative estimate of drug-likeness (QED) is 0.843. The van der Waals surface area contributed by atoms with Crippen LogP contribution in [0.4, 0.5) is 0 Å². The molecule has 28 heavy (non-hydrogen) atoms. The maximum absolute atomic E-state index is 13.1. The van der Waals surface area contributed by atoms with Gasteiger partial charge in [0.15, 0.2) is 0 Å². The van der Waals surface area contributed by atoms with Gasteiger partial charge in [0.25, 0.3) is 0 Å². The number of rotatable bonds is 5. The van der Waals surface area contributed by atoms with E-state index in [4.69, 9.17) is 4.74 Å². The monoisotopic (exact) mass is 385 g/mol. The van der Waals surface area contributed by atoms with Crippen molar-refractivity contribution in [3.8, 4) is 0 Å². The lowest BCUT2D eigenvalue weighted by molar-refractivity contribution is -0.138. The summed E-state index contributed by atoms with van der Waals surface area (Å²) in [6, 6.07) is 3.62. The molecule has 0 aromatic carbocycles. The third-order valence-corrected chi connectivity index (χ3v) is 6.91. The third kappa shape index (κ3) is 4.22. The van der Waals surface area contributed by atoms with Crippen LogP contribution in [0.2, 0.25) is 0 Å². The first-order valence-electron chi connectivity index (χ1n) is 10.6. The Hall–Kier alpha value is -1.95. The largest absolute Gasteiger partial charge is 0.379 e. The maximum Gasteiger partial charge on any atom is 0.225 e. The summed E-state index contributed by atoms with van der Waals surface area (Å²) in [5, 5.41) is 3.12. The Morgan fingerprint density at radius 2 is 2.00 bits per heavy atom. The molecule has 2 amide bonds. The molecule has 2 aliphatic carbocycles. The number of nitrogens with one attached hydrogen (secondary N) is 1. The number of methoxy groups -OCH3 is 1. The van der Waals surface area contributed by atoms with Crippen molar-refractivity contribution in [3.05, 3.63) is 30.1 Å². The van der Waals surface area contributed by atoms with Gasteiger partial charge in [-0.25, -0.2) is 0 Å². The highest BCUT2D eigenvalue weighted by atomic mass is 16.5. The molecule has 152 valence electrons. The number of pyridine rings is 1. The highest BCUT2D eigenvalue weighted by molar-refractivity contribution is 5.80. The van der Waals surface area contributed by atoms with Gasteiger partial charge < -0.3 is 15.0 Å². The first-order chi connectivity index (χ1) is 13.6. The number of likely N-dealkylation sites (tertiary alicyclic amines) is 1. The summed E-state index contributed by atoms with van der Waals surface area (Å²) in [5.41, 5.74) is 0.890. The minimum absolute atomic E-state index is 0.00563. The summed E-state index contributed by atoms with van der Waals surface area (Å²) in [5.74, 6) is 1.68. The number of carbonyl (C=O) groups is 2. The SMILES string of the molecule is CO[C@@H]1CC[C@H](C(=O)N2C[C@H]3CCC[C@H]3C2)C[C@H]1NC(=O)Cc1cccnc1. The van der Waals surface area contributed by atoms with Gasteiger partial charge in [0.1, 0.15) is 0 Å². The molecule has 6 nitrogen and oxygen atoms in total. The summed E-state index contributed by atoms with van der Waals surface area (Å²) < 4.78 is 5.62. The number of hydrogen-bond acceptors (Lipinski definition) is 4. The third-order valence-electron chi connectivity index (χ3n) is 6.91. The molecule has 6 heteroatoms. The Kier molecular flexibility index (Phi) is 5.95.